The van der Waals surface area contributed by atoms with Crippen LogP contribution in [0.4, 0.5) is 0 Å². The summed E-state index contributed by atoms with van der Waals surface area (Å²) in [5, 5.41) is 2.89. The highest BCUT2D eigenvalue weighted by Crippen LogP contribution is 2.05. The Morgan fingerprint density at radius 3 is 2.33 bits per heavy atom. The van der Waals surface area contributed by atoms with Crippen molar-refractivity contribution >= 4 is 5.97 Å². The molecule has 0 spiro atoms. The Morgan fingerprint density at radius 2 is 2.00 bits per heavy atom. The molecule has 72 valence electrons. The van der Waals surface area contributed by atoms with E-state index >= 15 is 0 Å². The molecule has 3 nitrogen and oxygen atoms in total. The van der Waals surface area contributed by atoms with Gasteiger partial charge in [-0.3, -0.25) is 4.79 Å². The molecule has 0 aromatic carbocycles. The van der Waals surface area contributed by atoms with Gasteiger partial charge >= 0.3 is 5.97 Å². The second-order valence-corrected chi connectivity index (χ2v) is 3.87. The molecule has 0 atom stereocenters. The Bertz CT molecular complexity index is 153. The Labute approximate surface area is 74.5 Å². The first kappa shape index (κ1) is 11.4. The normalized spacial score (nSPS) is 11.8. The molecule has 0 aliphatic carbocycles. The molecule has 0 heterocycles. The number of hydrogen-bond donors (Lipinski definition) is 1. The molecule has 0 bridgehead atoms. The van der Waals surface area contributed by atoms with Crippen molar-refractivity contribution in [2.75, 3.05) is 13.7 Å². The molecule has 0 saturated heterocycles. The van der Waals surface area contributed by atoms with Gasteiger partial charge in [0.2, 0.25) is 0 Å². The monoisotopic (exact) mass is 173 g/mol. The van der Waals surface area contributed by atoms with E-state index in [4.69, 9.17) is 4.74 Å². The van der Waals surface area contributed by atoms with E-state index in [1.807, 2.05) is 13.8 Å². The fraction of sp³-hybridized carbons (Fsp3) is 0.889. The van der Waals surface area contributed by atoms with Crippen LogP contribution in [0.5, 0.6) is 0 Å². The van der Waals surface area contributed by atoms with Crippen molar-refractivity contribution in [2.45, 2.75) is 33.2 Å². The first-order valence-electron chi connectivity index (χ1n) is 4.26. The zero-order valence-corrected chi connectivity index (χ0v) is 8.60. The van der Waals surface area contributed by atoms with E-state index in [9.17, 15) is 4.79 Å². The second-order valence-electron chi connectivity index (χ2n) is 3.87. The van der Waals surface area contributed by atoms with E-state index in [1.54, 1.807) is 20.9 Å². The van der Waals surface area contributed by atoms with Crippen LogP contribution in [-0.4, -0.2) is 25.2 Å². The molecule has 0 aliphatic heterocycles. The summed E-state index contributed by atoms with van der Waals surface area (Å²) in [6.07, 6.45) is 0. The number of carbonyl (C=O) groups is 1. The summed E-state index contributed by atoms with van der Waals surface area (Å²) in [5.41, 5.74) is -0.575. The molecule has 0 radical (unpaired) electrons. The number of hydrogen-bond acceptors (Lipinski definition) is 3. The van der Waals surface area contributed by atoms with Crippen LogP contribution in [0.3, 0.4) is 0 Å². The van der Waals surface area contributed by atoms with Gasteiger partial charge in [-0.05, 0) is 26.8 Å². The Balaban J connectivity index is 3.88. The lowest BCUT2D eigenvalue weighted by Crippen LogP contribution is -2.45. The molecular formula is C9H19NO2. The lowest BCUT2D eigenvalue weighted by Gasteiger charge is -2.22. The second kappa shape index (κ2) is 4.45. The minimum Gasteiger partial charge on any atom is -0.464 e. The topological polar surface area (TPSA) is 38.3 Å². The predicted molar refractivity (Wildman–Crippen MR) is 48.9 cm³/mol. The average molecular weight is 173 g/mol. The number of nitrogens with one attached hydrogen (secondary N) is 1. The molecule has 12 heavy (non-hydrogen) atoms. The van der Waals surface area contributed by atoms with Gasteiger partial charge in [-0.1, -0.05) is 13.8 Å². The molecule has 0 amide bonds. The van der Waals surface area contributed by atoms with Gasteiger partial charge in [-0.25, -0.2) is 0 Å². The van der Waals surface area contributed by atoms with E-state index in [0.717, 1.165) is 0 Å². The summed E-state index contributed by atoms with van der Waals surface area (Å²) in [5.74, 6) is 0.195. The third-order valence-corrected chi connectivity index (χ3v) is 1.68. The molecule has 0 fully saturated rings. The summed E-state index contributed by atoms with van der Waals surface area (Å²) in [6.45, 7) is 8.12. The van der Waals surface area contributed by atoms with E-state index < -0.39 is 5.54 Å². The van der Waals surface area contributed by atoms with Crippen molar-refractivity contribution in [3.8, 4) is 0 Å². The number of carbonyl (C=O) groups excluding carboxylic acids is 1. The summed E-state index contributed by atoms with van der Waals surface area (Å²) < 4.78 is 5.06. The van der Waals surface area contributed by atoms with Gasteiger partial charge in [-0.2, -0.15) is 0 Å². The van der Waals surface area contributed by atoms with Crippen LogP contribution in [0.1, 0.15) is 27.7 Å². The minimum atomic E-state index is -0.575. The molecule has 0 rings (SSSR count). The van der Waals surface area contributed by atoms with Gasteiger partial charge in [0.1, 0.15) is 5.54 Å². The van der Waals surface area contributed by atoms with Crippen molar-refractivity contribution in [1.82, 2.24) is 5.32 Å². The lowest BCUT2D eigenvalue weighted by molar-refractivity contribution is -0.151. The molecule has 0 unspecified atom stereocenters. The molecule has 0 aromatic heterocycles. The largest absolute Gasteiger partial charge is 0.464 e. The van der Waals surface area contributed by atoms with Crippen molar-refractivity contribution < 1.29 is 9.53 Å². The SMILES string of the molecule is CNC(C)(C)C(=O)OCC(C)C. The van der Waals surface area contributed by atoms with Crippen LogP contribution >= 0.6 is 0 Å². The standard InChI is InChI=1S/C9H19NO2/c1-7(2)6-12-8(11)9(3,4)10-5/h7,10H,6H2,1-5H3. The fourth-order valence-electron chi connectivity index (χ4n) is 0.525. The van der Waals surface area contributed by atoms with Crippen molar-refractivity contribution in [3.05, 3.63) is 0 Å². The van der Waals surface area contributed by atoms with Crippen LogP contribution in [0.25, 0.3) is 0 Å². The molecule has 0 saturated carbocycles. The average Bonchev–Trinajstić information content (AvgIpc) is 2.00. The smallest absolute Gasteiger partial charge is 0.325 e. The lowest BCUT2D eigenvalue weighted by atomic mass is 10.1. The van der Waals surface area contributed by atoms with E-state index in [1.165, 1.54) is 0 Å². The van der Waals surface area contributed by atoms with E-state index in [2.05, 4.69) is 5.32 Å². The molecule has 1 N–H and O–H groups in total. The molecule has 0 aromatic rings. The van der Waals surface area contributed by atoms with Crippen LogP contribution in [0.2, 0.25) is 0 Å². The summed E-state index contributed by atoms with van der Waals surface area (Å²) in [7, 11) is 1.75. The first-order valence-corrected chi connectivity index (χ1v) is 4.26. The van der Waals surface area contributed by atoms with Crippen molar-refractivity contribution in [1.29, 1.82) is 0 Å². The van der Waals surface area contributed by atoms with Crippen molar-refractivity contribution in [2.24, 2.45) is 5.92 Å². The van der Waals surface area contributed by atoms with Crippen LogP contribution in [0, 0.1) is 5.92 Å². The highest BCUT2D eigenvalue weighted by Gasteiger charge is 2.26. The van der Waals surface area contributed by atoms with Gasteiger partial charge in [0.05, 0.1) is 6.61 Å². The maximum Gasteiger partial charge on any atom is 0.325 e. The van der Waals surface area contributed by atoms with Gasteiger partial charge < -0.3 is 10.1 Å². The van der Waals surface area contributed by atoms with Gasteiger partial charge in [0.25, 0.3) is 0 Å². The van der Waals surface area contributed by atoms with Crippen molar-refractivity contribution in [3.63, 3.8) is 0 Å². The quantitative estimate of drug-likeness (QED) is 0.649. The fourth-order valence-corrected chi connectivity index (χ4v) is 0.525. The molecule has 0 aliphatic rings. The number of rotatable bonds is 4. The highest BCUT2D eigenvalue weighted by atomic mass is 16.5. The Morgan fingerprint density at radius 1 is 1.50 bits per heavy atom. The number of esters is 1. The predicted octanol–water partition coefficient (Wildman–Crippen LogP) is 1.18. The summed E-state index contributed by atoms with van der Waals surface area (Å²) >= 11 is 0. The van der Waals surface area contributed by atoms with Gasteiger partial charge in [-0.15, -0.1) is 0 Å². The van der Waals surface area contributed by atoms with Gasteiger partial charge in [0.15, 0.2) is 0 Å². The number of ether oxygens (including phenoxy) is 1. The van der Waals surface area contributed by atoms with E-state index in [-0.39, 0.29) is 5.97 Å². The van der Waals surface area contributed by atoms with Crippen LogP contribution in [0.15, 0.2) is 0 Å². The third kappa shape index (κ3) is 3.72. The van der Waals surface area contributed by atoms with E-state index in [0.29, 0.717) is 12.5 Å². The summed E-state index contributed by atoms with van der Waals surface area (Å²) in [6, 6.07) is 0. The molecular weight excluding hydrogens is 154 g/mol. The maximum atomic E-state index is 11.3. The zero-order chi connectivity index (χ0) is 9.78. The minimum absolute atomic E-state index is 0.196. The highest BCUT2D eigenvalue weighted by molar-refractivity contribution is 5.79. The first-order chi connectivity index (χ1) is 5.40. The molecule has 3 heteroatoms. The Hall–Kier alpha value is -0.570. The third-order valence-electron chi connectivity index (χ3n) is 1.68. The van der Waals surface area contributed by atoms with Crippen LogP contribution < -0.4 is 5.32 Å². The van der Waals surface area contributed by atoms with Gasteiger partial charge in [0, 0.05) is 0 Å². The number of likely N-dealkylation sites (N-methyl/N-ethyl adjacent to an activating group) is 1. The van der Waals surface area contributed by atoms with Crippen LogP contribution in [-0.2, 0) is 9.53 Å². The summed E-state index contributed by atoms with van der Waals surface area (Å²) in [4.78, 5) is 11.3. The maximum absolute atomic E-state index is 11.3. The zero-order valence-electron chi connectivity index (χ0n) is 8.60. The Kier molecular flexibility index (Phi) is 4.24.